The molecule has 120 valence electrons. The molecule has 1 N–H and O–H groups in total. The molecule has 0 saturated carbocycles. The van der Waals surface area contributed by atoms with Crippen LogP contribution >= 0.6 is 46.9 Å². The van der Waals surface area contributed by atoms with Crippen LogP contribution in [0.4, 0.5) is 4.39 Å². The third-order valence-corrected chi connectivity index (χ3v) is 5.05. The number of rotatable bonds is 3. The normalized spacial score (nSPS) is 17.0. The molecule has 2 nitrogen and oxygen atoms in total. The third kappa shape index (κ3) is 3.58. The molecule has 2 aromatic rings. The van der Waals surface area contributed by atoms with Crippen molar-refractivity contribution in [1.82, 2.24) is 10.2 Å². The lowest BCUT2D eigenvalue weighted by atomic mass is 9.98. The van der Waals surface area contributed by atoms with E-state index in [1.165, 1.54) is 6.07 Å². The Labute approximate surface area is 149 Å². The highest BCUT2D eigenvalue weighted by atomic mass is 35.5. The molecule has 1 atom stereocenters. The highest BCUT2D eigenvalue weighted by molar-refractivity contribution is 7.08. The first-order chi connectivity index (χ1) is 10.2. The number of halogens is 4. The van der Waals surface area contributed by atoms with Crippen LogP contribution < -0.4 is 5.32 Å². The lowest BCUT2D eigenvalue weighted by Gasteiger charge is -2.35. The van der Waals surface area contributed by atoms with Gasteiger partial charge in [-0.05, 0) is 34.5 Å². The minimum absolute atomic E-state index is 0. The van der Waals surface area contributed by atoms with Gasteiger partial charge >= 0.3 is 0 Å². The zero-order chi connectivity index (χ0) is 14.8. The highest BCUT2D eigenvalue weighted by Crippen LogP contribution is 2.38. The minimum Gasteiger partial charge on any atom is -0.314 e. The van der Waals surface area contributed by atoms with E-state index in [2.05, 4.69) is 10.2 Å². The van der Waals surface area contributed by atoms with Crippen molar-refractivity contribution in [3.05, 3.63) is 55.9 Å². The SMILES string of the molecule is Cl.Fc1c(Cl)ccc(Cl)c1[C@@H](c1ccsc1)N1CCNCC1. The molecule has 1 aliphatic rings. The van der Waals surface area contributed by atoms with E-state index < -0.39 is 5.82 Å². The summed E-state index contributed by atoms with van der Waals surface area (Å²) in [6.07, 6.45) is 0. The van der Waals surface area contributed by atoms with Gasteiger partial charge in [0.2, 0.25) is 0 Å². The van der Waals surface area contributed by atoms with Gasteiger partial charge in [0.15, 0.2) is 0 Å². The third-order valence-electron chi connectivity index (χ3n) is 3.73. The summed E-state index contributed by atoms with van der Waals surface area (Å²) in [7, 11) is 0. The molecule has 0 aliphatic carbocycles. The molecule has 0 unspecified atom stereocenters. The first kappa shape index (κ1) is 18.0. The molecule has 7 heteroatoms. The lowest BCUT2D eigenvalue weighted by Crippen LogP contribution is -2.45. The Morgan fingerprint density at radius 1 is 1.14 bits per heavy atom. The van der Waals surface area contributed by atoms with Gasteiger partial charge in [0.05, 0.1) is 11.1 Å². The molecular formula is C15H16Cl3FN2S. The van der Waals surface area contributed by atoms with Gasteiger partial charge in [-0.1, -0.05) is 23.2 Å². The van der Waals surface area contributed by atoms with Gasteiger partial charge in [-0.25, -0.2) is 4.39 Å². The van der Waals surface area contributed by atoms with Crippen molar-refractivity contribution in [2.45, 2.75) is 6.04 Å². The van der Waals surface area contributed by atoms with E-state index in [9.17, 15) is 4.39 Å². The van der Waals surface area contributed by atoms with Crippen LogP contribution in [0.2, 0.25) is 10.0 Å². The largest absolute Gasteiger partial charge is 0.314 e. The van der Waals surface area contributed by atoms with Gasteiger partial charge in [-0.2, -0.15) is 11.3 Å². The molecule has 1 aromatic carbocycles. The Bertz CT molecular complexity index is 616. The Morgan fingerprint density at radius 3 is 2.45 bits per heavy atom. The van der Waals surface area contributed by atoms with E-state index in [-0.39, 0.29) is 23.5 Å². The maximum absolute atomic E-state index is 14.6. The van der Waals surface area contributed by atoms with Crippen LogP contribution in [0.1, 0.15) is 17.2 Å². The number of piperazine rings is 1. The van der Waals surface area contributed by atoms with E-state index in [1.807, 2.05) is 16.8 Å². The molecule has 1 fully saturated rings. The number of nitrogens with one attached hydrogen (secondary N) is 1. The second kappa shape index (κ2) is 7.95. The average molecular weight is 382 g/mol. The highest BCUT2D eigenvalue weighted by Gasteiger charge is 2.29. The fourth-order valence-corrected chi connectivity index (χ4v) is 3.82. The summed E-state index contributed by atoms with van der Waals surface area (Å²) in [5, 5.41) is 7.90. The molecule has 0 radical (unpaired) electrons. The van der Waals surface area contributed by atoms with E-state index in [0.717, 1.165) is 31.7 Å². The smallest absolute Gasteiger partial charge is 0.148 e. The molecule has 1 aliphatic heterocycles. The average Bonchev–Trinajstić information content (AvgIpc) is 3.02. The van der Waals surface area contributed by atoms with Crippen molar-refractivity contribution < 1.29 is 4.39 Å². The first-order valence-corrected chi connectivity index (χ1v) is 8.48. The molecule has 3 rings (SSSR count). The lowest BCUT2D eigenvalue weighted by molar-refractivity contribution is 0.196. The van der Waals surface area contributed by atoms with Gasteiger partial charge in [-0.15, -0.1) is 12.4 Å². The summed E-state index contributed by atoms with van der Waals surface area (Å²) in [5.74, 6) is -0.418. The zero-order valence-corrected chi connectivity index (χ0v) is 14.8. The standard InChI is InChI=1S/C15H15Cl2FN2S.ClH/c16-11-1-2-12(17)14(18)13(11)15(10-3-8-21-9-10)20-6-4-19-5-7-20;/h1-3,8-9,15,19H,4-7H2;1H/t15-;/m1./s1. The van der Waals surface area contributed by atoms with Gasteiger partial charge in [0.25, 0.3) is 0 Å². The maximum atomic E-state index is 14.6. The van der Waals surface area contributed by atoms with Crippen molar-refractivity contribution in [2.24, 2.45) is 0 Å². The van der Waals surface area contributed by atoms with Crippen molar-refractivity contribution in [3.8, 4) is 0 Å². The van der Waals surface area contributed by atoms with E-state index in [4.69, 9.17) is 23.2 Å². The van der Waals surface area contributed by atoms with Crippen LogP contribution in [0.5, 0.6) is 0 Å². The van der Waals surface area contributed by atoms with Crippen molar-refractivity contribution >= 4 is 46.9 Å². The quantitative estimate of drug-likeness (QED) is 0.781. The molecule has 0 spiro atoms. The predicted octanol–water partition coefficient (Wildman–Crippen LogP) is 4.61. The van der Waals surface area contributed by atoms with Crippen molar-refractivity contribution in [3.63, 3.8) is 0 Å². The van der Waals surface area contributed by atoms with Gasteiger partial charge < -0.3 is 5.32 Å². The number of benzene rings is 1. The number of hydrogen-bond donors (Lipinski definition) is 1. The van der Waals surface area contributed by atoms with E-state index in [1.54, 1.807) is 17.4 Å². The minimum atomic E-state index is -0.418. The summed E-state index contributed by atoms with van der Waals surface area (Å²) in [6, 6.07) is 5.01. The monoisotopic (exact) mass is 380 g/mol. The molecule has 0 amide bonds. The maximum Gasteiger partial charge on any atom is 0.148 e. The van der Waals surface area contributed by atoms with Gasteiger partial charge in [0.1, 0.15) is 5.82 Å². The predicted molar refractivity (Wildman–Crippen MR) is 94.3 cm³/mol. The summed E-state index contributed by atoms with van der Waals surface area (Å²) < 4.78 is 14.6. The Hall–Kier alpha value is -0.360. The van der Waals surface area contributed by atoms with Crippen LogP contribution in [0.25, 0.3) is 0 Å². The van der Waals surface area contributed by atoms with Crippen LogP contribution in [0.15, 0.2) is 29.0 Å². The first-order valence-electron chi connectivity index (χ1n) is 6.78. The van der Waals surface area contributed by atoms with Crippen LogP contribution in [0.3, 0.4) is 0 Å². The molecule has 0 bridgehead atoms. The summed E-state index contributed by atoms with van der Waals surface area (Å²) in [6.45, 7) is 3.48. The second-order valence-corrected chi connectivity index (χ2v) is 6.60. The molecule has 22 heavy (non-hydrogen) atoms. The van der Waals surface area contributed by atoms with E-state index in [0.29, 0.717) is 10.6 Å². The summed E-state index contributed by atoms with van der Waals surface area (Å²) in [4.78, 5) is 2.25. The number of nitrogens with zero attached hydrogens (tertiary/aromatic N) is 1. The van der Waals surface area contributed by atoms with Gasteiger partial charge in [-0.3, -0.25) is 4.90 Å². The number of thiophene rings is 1. The second-order valence-electron chi connectivity index (χ2n) is 5.00. The Kier molecular flexibility index (Phi) is 6.50. The number of hydrogen-bond acceptors (Lipinski definition) is 3. The summed E-state index contributed by atoms with van der Waals surface area (Å²) in [5.41, 5.74) is 1.54. The molecule has 1 saturated heterocycles. The molecule has 1 aromatic heterocycles. The van der Waals surface area contributed by atoms with Crippen LogP contribution in [0, 0.1) is 5.82 Å². The topological polar surface area (TPSA) is 15.3 Å². The van der Waals surface area contributed by atoms with Crippen molar-refractivity contribution in [1.29, 1.82) is 0 Å². The fraction of sp³-hybridized carbons (Fsp3) is 0.333. The Balaban J connectivity index is 0.00000176. The Morgan fingerprint density at radius 2 is 1.82 bits per heavy atom. The van der Waals surface area contributed by atoms with Gasteiger partial charge in [0, 0.05) is 36.8 Å². The van der Waals surface area contributed by atoms with Crippen LogP contribution in [-0.4, -0.2) is 31.1 Å². The fourth-order valence-electron chi connectivity index (χ4n) is 2.72. The zero-order valence-electron chi connectivity index (χ0n) is 11.7. The molecular weight excluding hydrogens is 366 g/mol. The van der Waals surface area contributed by atoms with Crippen LogP contribution in [-0.2, 0) is 0 Å². The summed E-state index contributed by atoms with van der Waals surface area (Å²) >= 11 is 13.9. The molecule has 2 heterocycles. The van der Waals surface area contributed by atoms with Crippen molar-refractivity contribution in [2.75, 3.05) is 26.2 Å². The van der Waals surface area contributed by atoms with E-state index >= 15 is 0 Å².